The van der Waals surface area contributed by atoms with Gasteiger partial charge in [0.2, 0.25) is 0 Å². The summed E-state index contributed by atoms with van der Waals surface area (Å²) < 4.78 is 0. The van der Waals surface area contributed by atoms with Crippen molar-refractivity contribution in [3.8, 4) is 0 Å². The normalized spacial score (nSPS) is 41.3. The zero-order valence-electron chi connectivity index (χ0n) is 6.22. The lowest BCUT2D eigenvalue weighted by Gasteiger charge is -2.11. The lowest BCUT2D eigenvalue weighted by atomic mass is 10.2. The molecule has 0 amide bonds. The second-order valence-electron chi connectivity index (χ2n) is 3.90. The maximum absolute atomic E-state index is 5.76. The molecule has 3 heteroatoms. The monoisotopic (exact) mass is 144 g/mol. The highest BCUT2D eigenvalue weighted by atomic mass is 28.3. The van der Waals surface area contributed by atoms with Crippen LogP contribution in [0.3, 0.4) is 0 Å². The van der Waals surface area contributed by atoms with Crippen LogP contribution >= 0.6 is 0 Å². The van der Waals surface area contributed by atoms with Gasteiger partial charge in [-0.2, -0.15) is 0 Å². The van der Waals surface area contributed by atoms with Crippen molar-refractivity contribution in [2.24, 2.45) is 11.5 Å². The summed E-state index contributed by atoms with van der Waals surface area (Å²) in [6, 6.07) is 3.03. The van der Waals surface area contributed by atoms with Crippen LogP contribution in [0.5, 0.6) is 0 Å². The van der Waals surface area contributed by atoms with Crippen LogP contribution < -0.4 is 11.5 Å². The Morgan fingerprint density at radius 3 is 1.56 bits per heavy atom. The van der Waals surface area contributed by atoms with E-state index in [-0.39, 0.29) is 0 Å². The van der Waals surface area contributed by atoms with Gasteiger partial charge in [-0.15, -0.1) is 0 Å². The quantitative estimate of drug-likeness (QED) is 0.482. The number of rotatable bonds is 0. The fourth-order valence-corrected chi connectivity index (χ4v) is 4.99. The zero-order valence-corrected chi connectivity index (χ0v) is 7.22. The Morgan fingerprint density at radius 2 is 1.44 bits per heavy atom. The summed E-state index contributed by atoms with van der Waals surface area (Å²) in [6.45, 7) is 4.72. The molecule has 2 unspecified atom stereocenters. The molecule has 4 N–H and O–H groups in total. The molecule has 0 radical (unpaired) electrons. The summed E-state index contributed by atoms with van der Waals surface area (Å²) in [5.41, 5.74) is 11.5. The van der Waals surface area contributed by atoms with Crippen molar-refractivity contribution in [3.63, 3.8) is 0 Å². The van der Waals surface area contributed by atoms with Gasteiger partial charge in [-0.05, 0) is 12.1 Å². The topological polar surface area (TPSA) is 52.0 Å². The van der Waals surface area contributed by atoms with Crippen LogP contribution in [0.1, 0.15) is 0 Å². The fourth-order valence-electron chi connectivity index (χ4n) is 1.66. The Kier molecular flexibility index (Phi) is 1.67. The van der Waals surface area contributed by atoms with Crippen molar-refractivity contribution < 1.29 is 0 Å². The molecule has 0 spiro atoms. The van der Waals surface area contributed by atoms with Gasteiger partial charge >= 0.3 is 0 Å². The molecular formula is C6H16N2Si. The third kappa shape index (κ3) is 1.53. The Bertz CT molecular complexity index is 102. The number of hydrogen-bond donors (Lipinski definition) is 2. The van der Waals surface area contributed by atoms with Gasteiger partial charge in [-0.1, -0.05) is 13.1 Å². The highest BCUT2D eigenvalue weighted by Crippen LogP contribution is 2.27. The van der Waals surface area contributed by atoms with Gasteiger partial charge in [0.15, 0.2) is 0 Å². The van der Waals surface area contributed by atoms with E-state index in [0.717, 1.165) is 0 Å². The van der Waals surface area contributed by atoms with Gasteiger partial charge in [-0.25, -0.2) is 0 Å². The van der Waals surface area contributed by atoms with Gasteiger partial charge in [0.25, 0.3) is 0 Å². The maximum atomic E-state index is 5.76. The van der Waals surface area contributed by atoms with Crippen molar-refractivity contribution >= 4 is 8.07 Å². The van der Waals surface area contributed by atoms with Crippen LogP contribution in [0, 0.1) is 0 Å². The summed E-state index contributed by atoms with van der Waals surface area (Å²) in [4.78, 5) is 0. The van der Waals surface area contributed by atoms with E-state index in [9.17, 15) is 0 Å². The first-order valence-electron chi connectivity index (χ1n) is 3.52. The van der Waals surface area contributed by atoms with E-state index in [1.165, 1.54) is 12.1 Å². The summed E-state index contributed by atoms with van der Waals surface area (Å²) >= 11 is 0. The second-order valence-corrected chi connectivity index (χ2v) is 9.05. The smallest absolute Gasteiger partial charge is 0.0505 e. The molecule has 0 aromatic heterocycles. The first-order valence-corrected chi connectivity index (χ1v) is 6.94. The minimum atomic E-state index is -0.916. The maximum Gasteiger partial charge on any atom is 0.0505 e. The molecule has 2 atom stereocenters. The molecule has 1 rings (SSSR count). The SMILES string of the molecule is C[Si]1(C)CC(N)C(N)C1. The van der Waals surface area contributed by atoms with Crippen LogP contribution in [-0.2, 0) is 0 Å². The van der Waals surface area contributed by atoms with Gasteiger partial charge in [-0.3, -0.25) is 0 Å². The Labute approximate surface area is 57.6 Å². The van der Waals surface area contributed by atoms with Crippen molar-refractivity contribution in [1.29, 1.82) is 0 Å². The molecule has 2 nitrogen and oxygen atoms in total. The average molecular weight is 144 g/mol. The first-order chi connectivity index (χ1) is 4.01. The van der Waals surface area contributed by atoms with Crippen molar-refractivity contribution in [2.45, 2.75) is 37.3 Å². The molecule has 0 aromatic carbocycles. The van der Waals surface area contributed by atoms with Gasteiger partial charge in [0.1, 0.15) is 0 Å². The molecule has 9 heavy (non-hydrogen) atoms. The molecule has 0 bridgehead atoms. The van der Waals surface area contributed by atoms with E-state index in [4.69, 9.17) is 11.5 Å². The third-order valence-corrected chi connectivity index (χ3v) is 5.28. The van der Waals surface area contributed by atoms with Crippen LogP contribution in [0.4, 0.5) is 0 Å². The minimum absolute atomic E-state index is 0.298. The molecule has 54 valence electrons. The lowest BCUT2D eigenvalue weighted by molar-refractivity contribution is 0.633. The minimum Gasteiger partial charge on any atom is -0.327 e. The Hall–Kier alpha value is 0.137. The average Bonchev–Trinajstić information content (AvgIpc) is 1.79. The predicted molar refractivity (Wildman–Crippen MR) is 43.0 cm³/mol. The van der Waals surface area contributed by atoms with E-state index >= 15 is 0 Å². The zero-order chi connectivity index (χ0) is 7.07. The molecule has 1 heterocycles. The molecule has 1 saturated heterocycles. The molecule has 1 aliphatic rings. The summed E-state index contributed by atoms with van der Waals surface area (Å²) in [6.07, 6.45) is 0. The fraction of sp³-hybridized carbons (Fsp3) is 1.00. The Morgan fingerprint density at radius 1 is 1.11 bits per heavy atom. The molecule has 1 fully saturated rings. The molecule has 0 aromatic rings. The van der Waals surface area contributed by atoms with Crippen LogP contribution in [-0.4, -0.2) is 20.2 Å². The predicted octanol–water partition coefficient (Wildman–Crippen LogP) is 0.363. The summed E-state index contributed by atoms with van der Waals surface area (Å²) in [5, 5.41) is 0. The molecule has 0 saturated carbocycles. The van der Waals surface area contributed by atoms with Gasteiger partial charge < -0.3 is 11.5 Å². The largest absolute Gasteiger partial charge is 0.327 e. The molecular weight excluding hydrogens is 128 g/mol. The highest BCUT2D eigenvalue weighted by molar-refractivity contribution is 6.78. The number of hydrogen-bond acceptors (Lipinski definition) is 2. The molecule has 1 aliphatic heterocycles. The molecule has 0 aliphatic carbocycles. The highest BCUT2D eigenvalue weighted by Gasteiger charge is 2.36. The van der Waals surface area contributed by atoms with Gasteiger partial charge in [0, 0.05) is 12.1 Å². The van der Waals surface area contributed by atoms with Crippen LogP contribution in [0.25, 0.3) is 0 Å². The van der Waals surface area contributed by atoms with Crippen molar-refractivity contribution in [1.82, 2.24) is 0 Å². The van der Waals surface area contributed by atoms with E-state index in [2.05, 4.69) is 13.1 Å². The number of nitrogens with two attached hydrogens (primary N) is 2. The van der Waals surface area contributed by atoms with E-state index in [1.54, 1.807) is 0 Å². The van der Waals surface area contributed by atoms with E-state index in [1.807, 2.05) is 0 Å². The van der Waals surface area contributed by atoms with E-state index < -0.39 is 8.07 Å². The van der Waals surface area contributed by atoms with E-state index in [0.29, 0.717) is 12.1 Å². The van der Waals surface area contributed by atoms with Gasteiger partial charge in [0.05, 0.1) is 8.07 Å². The van der Waals surface area contributed by atoms with Crippen molar-refractivity contribution in [3.05, 3.63) is 0 Å². The summed E-state index contributed by atoms with van der Waals surface area (Å²) in [7, 11) is -0.916. The summed E-state index contributed by atoms with van der Waals surface area (Å²) in [5.74, 6) is 0. The third-order valence-electron chi connectivity index (χ3n) is 2.13. The Balaban J connectivity index is 2.54. The van der Waals surface area contributed by atoms with Crippen molar-refractivity contribution in [2.75, 3.05) is 0 Å². The van der Waals surface area contributed by atoms with Crippen LogP contribution in [0.2, 0.25) is 25.2 Å². The van der Waals surface area contributed by atoms with Crippen LogP contribution in [0.15, 0.2) is 0 Å². The standard InChI is InChI=1S/C6H16N2Si/c1-9(2)3-5(7)6(8)4-9/h5-6H,3-4,7-8H2,1-2H3. The lowest BCUT2D eigenvalue weighted by Crippen LogP contribution is -2.35. The first kappa shape index (κ1) is 7.25. The second kappa shape index (κ2) is 2.07.